The number of benzene rings is 1. The number of alkyl halides is 3. The summed E-state index contributed by atoms with van der Waals surface area (Å²) in [6.07, 6.45) is -3.55. The van der Waals surface area contributed by atoms with Gasteiger partial charge in [-0.2, -0.15) is 13.2 Å². The van der Waals surface area contributed by atoms with Crippen LogP contribution < -0.4 is 5.32 Å². The fraction of sp³-hybridized carbons (Fsp3) is 0.231. The molecule has 2 aromatic rings. The monoisotopic (exact) mass is 285 g/mol. The molecule has 20 heavy (non-hydrogen) atoms. The Morgan fingerprint density at radius 2 is 2.00 bits per heavy atom. The van der Waals surface area contributed by atoms with Gasteiger partial charge < -0.3 is 5.32 Å². The average Bonchev–Trinajstić information content (AvgIpc) is 2.40. The molecule has 1 heterocycles. The van der Waals surface area contributed by atoms with Crippen LogP contribution >= 0.6 is 0 Å². The van der Waals surface area contributed by atoms with Crippen LogP contribution in [0.5, 0.6) is 0 Å². The Hall–Kier alpha value is -2.18. The van der Waals surface area contributed by atoms with Gasteiger partial charge in [0.25, 0.3) is 0 Å². The molecule has 1 aromatic carbocycles. The van der Waals surface area contributed by atoms with Crippen LogP contribution in [0.1, 0.15) is 12.5 Å². The smallest absolute Gasteiger partial charge is 0.354 e. The summed E-state index contributed by atoms with van der Waals surface area (Å²) in [4.78, 5) is 7.60. The third-order valence-corrected chi connectivity index (χ3v) is 2.54. The van der Waals surface area contributed by atoms with E-state index in [0.29, 0.717) is 6.54 Å². The highest BCUT2D eigenvalue weighted by atomic mass is 19.4. The van der Waals surface area contributed by atoms with Crippen molar-refractivity contribution < 1.29 is 17.6 Å². The first kappa shape index (κ1) is 14.2. The maximum atomic E-state index is 13.7. The molecule has 0 amide bonds. The lowest BCUT2D eigenvalue weighted by Gasteiger charge is -2.10. The third kappa shape index (κ3) is 3.04. The van der Waals surface area contributed by atoms with Crippen molar-refractivity contribution in [2.75, 3.05) is 11.9 Å². The number of hydrogen-bond donors (Lipinski definition) is 1. The average molecular weight is 285 g/mol. The van der Waals surface area contributed by atoms with E-state index in [-0.39, 0.29) is 17.2 Å². The summed E-state index contributed by atoms with van der Waals surface area (Å²) in [6.45, 7) is 2.32. The molecule has 0 aliphatic carbocycles. The minimum atomic E-state index is -4.48. The predicted octanol–water partition coefficient (Wildman–Crippen LogP) is 3.73. The first-order valence-corrected chi connectivity index (χ1v) is 5.86. The highest BCUT2D eigenvalue weighted by Gasteiger charge is 2.30. The van der Waals surface area contributed by atoms with Crippen LogP contribution in [0.4, 0.5) is 23.5 Å². The summed E-state index contributed by atoms with van der Waals surface area (Å²) in [5, 5.41) is 2.78. The maximum absolute atomic E-state index is 13.7. The summed E-state index contributed by atoms with van der Waals surface area (Å²) >= 11 is 0. The second-order valence-corrected chi connectivity index (χ2v) is 4.00. The highest BCUT2D eigenvalue weighted by Crippen LogP contribution is 2.32. The molecule has 0 saturated carbocycles. The van der Waals surface area contributed by atoms with E-state index in [1.807, 2.05) is 0 Å². The SMILES string of the molecule is CCNc1ncc(F)c(-c2cccc(C(F)(F)F)c2)n1. The number of hydrogen-bond acceptors (Lipinski definition) is 3. The van der Waals surface area contributed by atoms with Crippen LogP contribution in [0, 0.1) is 5.82 Å². The van der Waals surface area contributed by atoms with Crippen molar-refractivity contribution in [3.8, 4) is 11.3 Å². The topological polar surface area (TPSA) is 37.8 Å². The quantitative estimate of drug-likeness (QED) is 0.873. The van der Waals surface area contributed by atoms with Crippen molar-refractivity contribution in [3.63, 3.8) is 0 Å². The molecule has 0 fully saturated rings. The fourth-order valence-corrected chi connectivity index (χ4v) is 1.66. The Morgan fingerprint density at radius 1 is 1.25 bits per heavy atom. The van der Waals surface area contributed by atoms with Crippen molar-refractivity contribution in [1.82, 2.24) is 9.97 Å². The van der Waals surface area contributed by atoms with Gasteiger partial charge >= 0.3 is 6.18 Å². The van der Waals surface area contributed by atoms with E-state index in [2.05, 4.69) is 15.3 Å². The molecule has 1 aromatic heterocycles. The molecular weight excluding hydrogens is 274 g/mol. The summed E-state index contributed by atoms with van der Waals surface area (Å²) in [5.41, 5.74) is -0.959. The first-order valence-electron chi connectivity index (χ1n) is 5.86. The van der Waals surface area contributed by atoms with Crippen LogP contribution in [0.3, 0.4) is 0 Å². The van der Waals surface area contributed by atoms with Gasteiger partial charge in [-0.15, -0.1) is 0 Å². The fourth-order valence-electron chi connectivity index (χ4n) is 1.66. The molecule has 0 aliphatic rings. The van der Waals surface area contributed by atoms with Gasteiger partial charge in [0, 0.05) is 12.1 Å². The number of aromatic nitrogens is 2. The van der Waals surface area contributed by atoms with Gasteiger partial charge in [-0.3, -0.25) is 0 Å². The predicted molar refractivity (Wildman–Crippen MR) is 66.6 cm³/mol. The molecule has 1 N–H and O–H groups in total. The number of rotatable bonds is 3. The van der Waals surface area contributed by atoms with Crippen LogP contribution in [-0.2, 0) is 6.18 Å². The van der Waals surface area contributed by atoms with E-state index in [1.165, 1.54) is 12.1 Å². The zero-order valence-corrected chi connectivity index (χ0v) is 10.5. The first-order chi connectivity index (χ1) is 9.41. The highest BCUT2D eigenvalue weighted by molar-refractivity contribution is 5.61. The number of nitrogens with one attached hydrogen (secondary N) is 1. The Kier molecular flexibility index (Phi) is 3.87. The van der Waals surface area contributed by atoms with Crippen LogP contribution in [0.2, 0.25) is 0 Å². The van der Waals surface area contributed by atoms with E-state index < -0.39 is 17.6 Å². The molecule has 0 saturated heterocycles. The molecule has 0 radical (unpaired) electrons. The van der Waals surface area contributed by atoms with Gasteiger partial charge in [0.05, 0.1) is 11.8 Å². The van der Waals surface area contributed by atoms with Gasteiger partial charge in [0.2, 0.25) is 5.95 Å². The number of anilines is 1. The molecule has 3 nitrogen and oxygen atoms in total. The molecule has 2 rings (SSSR count). The van der Waals surface area contributed by atoms with Crippen molar-refractivity contribution in [2.24, 2.45) is 0 Å². The summed E-state index contributed by atoms with van der Waals surface area (Å²) in [6, 6.07) is 4.37. The van der Waals surface area contributed by atoms with Gasteiger partial charge in [0.1, 0.15) is 5.69 Å². The van der Waals surface area contributed by atoms with Crippen molar-refractivity contribution in [2.45, 2.75) is 13.1 Å². The Labute approximate surface area is 112 Å². The maximum Gasteiger partial charge on any atom is 0.416 e. The molecule has 0 unspecified atom stereocenters. The summed E-state index contributed by atoms with van der Waals surface area (Å²) in [7, 11) is 0. The molecular formula is C13H11F4N3. The lowest BCUT2D eigenvalue weighted by molar-refractivity contribution is -0.137. The lowest BCUT2D eigenvalue weighted by atomic mass is 10.1. The van der Waals surface area contributed by atoms with Gasteiger partial charge in [-0.05, 0) is 19.1 Å². The second-order valence-electron chi connectivity index (χ2n) is 4.00. The Morgan fingerprint density at radius 3 is 2.65 bits per heavy atom. The lowest BCUT2D eigenvalue weighted by Crippen LogP contribution is -2.06. The van der Waals surface area contributed by atoms with Crippen LogP contribution in [0.15, 0.2) is 30.5 Å². The standard InChI is InChI=1S/C13H11F4N3/c1-2-18-12-19-7-10(14)11(20-12)8-4-3-5-9(6-8)13(15,16)17/h3-7H,2H2,1H3,(H,18,19,20). The van der Waals surface area contributed by atoms with E-state index in [0.717, 1.165) is 18.3 Å². The molecule has 0 atom stereocenters. The van der Waals surface area contributed by atoms with Gasteiger partial charge in [0.15, 0.2) is 5.82 Å². The van der Waals surface area contributed by atoms with E-state index >= 15 is 0 Å². The Balaban J connectivity index is 2.48. The Bertz CT molecular complexity index is 611. The largest absolute Gasteiger partial charge is 0.416 e. The van der Waals surface area contributed by atoms with Crippen molar-refractivity contribution in [1.29, 1.82) is 0 Å². The van der Waals surface area contributed by atoms with Gasteiger partial charge in [-0.25, -0.2) is 14.4 Å². The minimum absolute atomic E-state index is 0.0545. The molecule has 0 bridgehead atoms. The van der Waals surface area contributed by atoms with Gasteiger partial charge in [-0.1, -0.05) is 12.1 Å². The van der Waals surface area contributed by atoms with Crippen LogP contribution in [0.25, 0.3) is 11.3 Å². The van der Waals surface area contributed by atoms with Crippen molar-refractivity contribution >= 4 is 5.95 Å². The number of halogens is 4. The molecule has 7 heteroatoms. The second kappa shape index (κ2) is 5.44. The third-order valence-electron chi connectivity index (χ3n) is 2.54. The zero-order valence-electron chi connectivity index (χ0n) is 10.5. The number of nitrogens with zero attached hydrogens (tertiary/aromatic N) is 2. The normalized spacial score (nSPS) is 11.4. The van der Waals surface area contributed by atoms with Crippen LogP contribution in [-0.4, -0.2) is 16.5 Å². The van der Waals surface area contributed by atoms with E-state index in [4.69, 9.17) is 0 Å². The summed E-state index contributed by atoms with van der Waals surface area (Å²) in [5.74, 6) is -0.604. The molecule has 106 valence electrons. The summed E-state index contributed by atoms with van der Waals surface area (Å²) < 4.78 is 51.6. The molecule has 0 spiro atoms. The van der Waals surface area contributed by atoms with E-state index in [1.54, 1.807) is 6.92 Å². The minimum Gasteiger partial charge on any atom is -0.354 e. The van der Waals surface area contributed by atoms with Crippen molar-refractivity contribution in [3.05, 3.63) is 41.8 Å². The zero-order chi connectivity index (χ0) is 14.8. The molecule has 0 aliphatic heterocycles. The van der Waals surface area contributed by atoms with E-state index in [9.17, 15) is 17.6 Å².